The minimum Gasteiger partial charge on any atom is -0.504 e. The molecule has 0 saturated heterocycles. The summed E-state index contributed by atoms with van der Waals surface area (Å²) in [6, 6.07) is 6.96. The fraction of sp³-hybridized carbons (Fsp3) is 0.375. The highest BCUT2D eigenvalue weighted by molar-refractivity contribution is 8.22. The summed E-state index contributed by atoms with van der Waals surface area (Å²) in [6.45, 7) is 2.10. The van der Waals surface area contributed by atoms with Gasteiger partial charge in [0.05, 0.1) is 11.3 Å². The average Bonchev–Trinajstić information content (AvgIpc) is 2.55. The number of hydrogen-bond donors (Lipinski definition) is 2. The zero-order valence-electron chi connectivity index (χ0n) is 13.0. The number of carbonyl (C=O) groups is 1. The zero-order valence-corrected chi connectivity index (χ0v) is 14.6. The van der Waals surface area contributed by atoms with Gasteiger partial charge in [-0.25, -0.2) is 0 Å². The van der Waals surface area contributed by atoms with E-state index >= 15 is 0 Å². The van der Waals surface area contributed by atoms with Crippen LogP contribution in [0.4, 0.5) is 0 Å². The summed E-state index contributed by atoms with van der Waals surface area (Å²) in [5.41, 5.74) is 0.988. The molecule has 2 N–H and O–H groups in total. The summed E-state index contributed by atoms with van der Waals surface area (Å²) in [7, 11) is 1.48. The number of phenolic OH excluding ortho intramolecular Hbond substituents is 1. The van der Waals surface area contributed by atoms with Crippen LogP contribution in [0.5, 0.6) is 11.5 Å². The van der Waals surface area contributed by atoms with E-state index in [1.807, 2.05) is 6.07 Å². The molecule has 1 aliphatic rings. The molecular weight excluding hydrogens is 332 g/mol. The number of nitrogens with zero attached hydrogens (tertiary/aromatic N) is 1. The second kappa shape index (κ2) is 8.18. The molecule has 0 saturated carbocycles. The minimum atomic E-state index is -0.359. The largest absolute Gasteiger partial charge is 0.504 e. The van der Waals surface area contributed by atoms with Crippen molar-refractivity contribution in [2.24, 2.45) is 0 Å². The monoisotopic (exact) mass is 350 g/mol. The Kier molecular flexibility index (Phi) is 6.25. The van der Waals surface area contributed by atoms with Crippen molar-refractivity contribution in [1.29, 1.82) is 5.26 Å². The molecule has 0 aliphatic carbocycles. The van der Waals surface area contributed by atoms with E-state index in [1.165, 1.54) is 24.9 Å². The van der Waals surface area contributed by atoms with Crippen LogP contribution >= 0.6 is 23.5 Å². The van der Waals surface area contributed by atoms with Gasteiger partial charge in [-0.1, -0.05) is 31.2 Å². The third-order valence-corrected chi connectivity index (χ3v) is 5.91. The number of methoxy groups -OCH3 is 1. The second-order valence-electron chi connectivity index (χ2n) is 4.88. The van der Waals surface area contributed by atoms with Crippen LogP contribution in [-0.4, -0.2) is 23.9 Å². The highest BCUT2D eigenvalue weighted by Gasteiger charge is 2.29. The first-order valence-corrected chi connectivity index (χ1v) is 9.08. The molecule has 1 aromatic carbocycles. The van der Waals surface area contributed by atoms with Crippen molar-refractivity contribution < 1.29 is 14.6 Å². The van der Waals surface area contributed by atoms with E-state index < -0.39 is 0 Å². The number of amides is 1. The van der Waals surface area contributed by atoms with Crippen molar-refractivity contribution in [3.8, 4) is 17.6 Å². The summed E-state index contributed by atoms with van der Waals surface area (Å²) in [5.74, 6) is 0.923. The Morgan fingerprint density at radius 1 is 1.52 bits per heavy atom. The van der Waals surface area contributed by atoms with Crippen LogP contribution in [0.15, 0.2) is 28.0 Å². The van der Waals surface area contributed by atoms with E-state index in [-0.39, 0.29) is 22.6 Å². The third kappa shape index (κ3) is 4.15. The molecule has 122 valence electrons. The van der Waals surface area contributed by atoms with Gasteiger partial charge in [-0.05, 0) is 29.9 Å². The fourth-order valence-electron chi connectivity index (χ4n) is 2.00. The zero-order chi connectivity index (χ0) is 16.8. The molecule has 0 bridgehead atoms. The summed E-state index contributed by atoms with van der Waals surface area (Å²) in [6.07, 6.45) is 2.10. The Morgan fingerprint density at radius 3 is 2.96 bits per heavy atom. The average molecular weight is 350 g/mol. The van der Waals surface area contributed by atoms with Crippen LogP contribution in [0.1, 0.15) is 30.7 Å². The van der Waals surface area contributed by atoms with E-state index in [2.05, 4.69) is 12.2 Å². The van der Waals surface area contributed by atoms with Gasteiger partial charge in [0.1, 0.15) is 17.0 Å². The number of unbranched alkanes of at least 4 members (excludes halogenated alkanes) is 1. The SMILES string of the molecule is CCCCSC1=C(C#N)C(=O)NC(c2ccc(O)c(OC)c2)S1. The minimum absolute atomic E-state index is 0.0502. The molecule has 1 aromatic rings. The van der Waals surface area contributed by atoms with E-state index in [0.717, 1.165) is 28.4 Å². The van der Waals surface area contributed by atoms with Gasteiger partial charge in [-0.15, -0.1) is 11.8 Å². The van der Waals surface area contributed by atoms with Gasteiger partial charge in [-0.2, -0.15) is 5.26 Å². The van der Waals surface area contributed by atoms with E-state index in [0.29, 0.717) is 5.75 Å². The molecule has 1 atom stereocenters. The number of aromatic hydroxyl groups is 1. The summed E-state index contributed by atoms with van der Waals surface area (Å²) in [5, 5.41) is 21.4. The molecule has 1 heterocycles. The number of ether oxygens (including phenoxy) is 1. The van der Waals surface area contributed by atoms with Gasteiger partial charge in [-0.3, -0.25) is 4.79 Å². The Labute approximate surface area is 144 Å². The molecular formula is C16H18N2O3S2. The van der Waals surface area contributed by atoms with Gasteiger partial charge < -0.3 is 15.2 Å². The quantitative estimate of drug-likeness (QED) is 0.764. The maximum atomic E-state index is 12.2. The standard InChI is InChI=1S/C16H18N2O3S2/c1-3-4-7-22-16-11(9-17)14(20)18-15(23-16)10-5-6-12(19)13(8-10)21-2/h5-6,8,15,19H,3-4,7H2,1-2H3,(H,18,20). The lowest BCUT2D eigenvalue weighted by atomic mass is 10.2. The molecule has 23 heavy (non-hydrogen) atoms. The topological polar surface area (TPSA) is 82.4 Å². The number of hydrogen-bond acceptors (Lipinski definition) is 6. The molecule has 1 aliphatic heterocycles. The van der Waals surface area contributed by atoms with Crippen LogP contribution in [0.3, 0.4) is 0 Å². The number of phenols is 1. The van der Waals surface area contributed by atoms with Crippen molar-refractivity contribution >= 4 is 29.4 Å². The molecule has 7 heteroatoms. The molecule has 1 amide bonds. The first kappa shape index (κ1) is 17.6. The Balaban J connectivity index is 2.25. The van der Waals surface area contributed by atoms with Crippen molar-refractivity contribution in [2.45, 2.75) is 25.1 Å². The van der Waals surface area contributed by atoms with E-state index in [9.17, 15) is 15.2 Å². The lowest BCUT2D eigenvalue weighted by Gasteiger charge is -2.25. The van der Waals surface area contributed by atoms with E-state index in [4.69, 9.17) is 4.74 Å². The number of nitriles is 1. The molecule has 1 unspecified atom stereocenters. The third-order valence-electron chi connectivity index (χ3n) is 3.27. The van der Waals surface area contributed by atoms with Crippen LogP contribution in [0.2, 0.25) is 0 Å². The molecule has 0 fully saturated rings. The first-order valence-electron chi connectivity index (χ1n) is 7.22. The highest BCUT2D eigenvalue weighted by atomic mass is 32.2. The van der Waals surface area contributed by atoms with Gasteiger partial charge in [0.2, 0.25) is 0 Å². The van der Waals surface area contributed by atoms with Crippen molar-refractivity contribution in [2.75, 3.05) is 12.9 Å². The summed E-state index contributed by atoms with van der Waals surface area (Å²) in [4.78, 5) is 12.2. The van der Waals surface area contributed by atoms with Crippen LogP contribution in [0.25, 0.3) is 0 Å². The smallest absolute Gasteiger partial charge is 0.264 e. The van der Waals surface area contributed by atoms with Crippen molar-refractivity contribution in [1.82, 2.24) is 5.32 Å². The lowest BCUT2D eigenvalue weighted by Crippen LogP contribution is -2.31. The predicted molar refractivity (Wildman–Crippen MR) is 93.1 cm³/mol. The molecule has 2 rings (SSSR count). The molecule has 5 nitrogen and oxygen atoms in total. The second-order valence-corrected chi connectivity index (χ2v) is 7.36. The van der Waals surface area contributed by atoms with E-state index in [1.54, 1.807) is 23.9 Å². The van der Waals surface area contributed by atoms with Crippen molar-refractivity contribution in [3.63, 3.8) is 0 Å². The van der Waals surface area contributed by atoms with Crippen LogP contribution < -0.4 is 10.1 Å². The highest BCUT2D eigenvalue weighted by Crippen LogP contribution is 2.45. The van der Waals surface area contributed by atoms with Gasteiger partial charge in [0, 0.05) is 0 Å². The van der Waals surface area contributed by atoms with Crippen LogP contribution in [-0.2, 0) is 4.79 Å². The molecule has 0 radical (unpaired) electrons. The number of benzene rings is 1. The molecule has 0 aromatic heterocycles. The summed E-state index contributed by atoms with van der Waals surface area (Å²) < 4.78 is 5.86. The van der Waals surface area contributed by atoms with Gasteiger partial charge in [0.15, 0.2) is 11.5 Å². The van der Waals surface area contributed by atoms with Gasteiger partial charge in [0.25, 0.3) is 5.91 Å². The van der Waals surface area contributed by atoms with Gasteiger partial charge >= 0.3 is 0 Å². The number of nitrogens with one attached hydrogen (secondary N) is 1. The molecule has 0 spiro atoms. The lowest BCUT2D eigenvalue weighted by molar-refractivity contribution is -0.117. The number of carbonyl (C=O) groups excluding carboxylic acids is 1. The maximum absolute atomic E-state index is 12.2. The van der Waals surface area contributed by atoms with Crippen molar-refractivity contribution in [3.05, 3.63) is 33.6 Å². The summed E-state index contributed by atoms with van der Waals surface area (Å²) >= 11 is 3.00. The first-order chi connectivity index (χ1) is 11.1. The maximum Gasteiger partial charge on any atom is 0.264 e. The number of thioether (sulfide) groups is 2. The Hall–Kier alpha value is -1.78. The normalized spacial score (nSPS) is 17.6. The predicted octanol–water partition coefficient (Wildman–Crippen LogP) is 3.53. The van der Waals surface area contributed by atoms with Crippen LogP contribution in [0, 0.1) is 11.3 Å². The number of rotatable bonds is 6. The fourth-order valence-corrected chi connectivity index (χ4v) is 4.63. The Morgan fingerprint density at radius 2 is 2.30 bits per heavy atom. The Bertz CT molecular complexity index is 668.